The third kappa shape index (κ3) is 3.71. The molecule has 23 heavy (non-hydrogen) atoms. The van der Waals surface area contributed by atoms with Crippen LogP contribution in [0.25, 0.3) is 11.3 Å². The maximum Gasteiger partial charge on any atom is 0.308 e. The monoisotopic (exact) mass is 335 g/mol. The first-order valence-electron chi connectivity index (χ1n) is 7.13. The lowest BCUT2D eigenvalue weighted by Gasteiger charge is -2.17. The van der Waals surface area contributed by atoms with Gasteiger partial charge in [-0.3, -0.25) is 14.3 Å². The van der Waals surface area contributed by atoms with Crippen molar-refractivity contribution < 1.29 is 14.7 Å². The maximum atomic E-state index is 12.5. The summed E-state index contributed by atoms with van der Waals surface area (Å²) in [6.07, 6.45) is 1.59. The van der Waals surface area contributed by atoms with E-state index in [-0.39, 0.29) is 5.91 Å². The molecule has 0 saturated carbocycles. The smallest absolute Gasteiger partial charge is 0.308 e. The molecule has 0 radical (unpaired) electrons. The fourth-order valence-corrected chi connectivity index (χ4v) is 2.36. The number of benzene rings is 1. The minimum atomic E-state index is -0.963. The number of amides is 1. The summed E-state index contributed by atoms with van der Waals surface area (Å²) in [5.74, 6) is -2.04. The Morgan fingerprint density at radius 3 is 2.57 bits per heavy atom. The topological polar surface area (TPSA) is 84.2 Å². The highest BCUT2D eigenvalue weighted by Gasteiger charge is 2.24. The van der Waals surface area contributed by atoms with Crippen LogP contribution in [0.4, 0.5) is 0 Å². The molecule has 122 valence electrons. The van der Waals surface area contributed by atoms with E-state index in [2.05, 4.69) is 10.4 Å². The largest absolute Gasteiger partial charge is 0.481 e. The van der Waals surface area contributed by atoms with E-state index in [4.69, 9.17) is 16.7 Å². The van der Waals surface area contributed by atoms with Crippen LogP contribution in [0, 0.1) is 5.92 Å². The summed E-state index contributed by atoms with van der Waals surface area (Å²) >= 11 is 6.18. The van der Waals surface area contributed by atoms with Crippen LogP contribution >= 0.6 is 11.6 Å². The number of carbonyl (C=O) groups excluding carboxylic acids is 1. The summed E-state index contributed by atoms with van der Waals surface area (Å²) < 4.78 is 1.53. The third-order valence-corrected chi connectivity index (χ3v) is 4.03. The van der Waals surface area contributed by atoms with Gasteiger partial charge in [-0.25, -0.2) is 0 Å². The van der Waals surface area contributed by atoms with E-state index in [1.807, 2.05) is 6.07 Å². The molecular formula is C16H18ClN3O3. The Kier molecular flexibility index (Phi) is 5.05. The van der Waals surface area contributed by atoms with Crippen molar-refractivity contribution in [1.29, 1.82) is 0 Å². The lowest BCUT2D eigenvalue weighted by Crippen LogP contribution is -2.40. The number of aryl methyl sites for hydroxylation is 1. The number of rotatable bonds is 5. The van der Waals surface area contributed by atoms with E-state index in [0.717, 1.165) is 0 Å². The first-order chi connectivity index (χ1) is 10.8. The van der Waals surface area contributed by atoms with Crippen molar-refractivity contribution >= 4 is 23.5 Å². The van der Waals surface area contributed by atoms with Crippen molar-refractivity contribution in [2.75, 3.05) is 0 Å². The molecule has 6 nitrogen and oxygen atoms in total. The number of hydrogen-bond donors (Lipinski definition) is 2. The molecule has 2 atom stereocenters. The minimum absolute atomic E-state index is 0.352. The van der Waals surface area contributed by atoms with Gasteiger partial charge in [-0.2, -0.15) is 5.10 Å². The van der Waals surface area contributed by atoms with Crippen LogP contribution in [-0.4, -0.2) is 32.8 Å². The molecule has 1 aromatic carbocycles. The molecular weight excluding hydrogens is 318 g/mol. The lowest BCUT2D eigenvalue weighted by atomic mass is 10.0. The molecule has 1 heterocycles. The summed E-state index contributed by atoms with van der Waals surface area (Å²) in [4.78, 5) is 23.5. The van der Waals surface area contributed by atoms with Gasteiger partial charge in [0, 0.05) is 24.8 Å². The first kappa shape index (κ1) is 17.0. The molecule has 0 bridgehead atoms. The van der Waals surface area contributed by atoms with Gasteiger partial charge >= 0.3 is 5.97 Å². The Bertz CT molecular complexity index is 742. The fourth-order valence-electron chi connectivity index (χ4n) is 2.13. The summed E-state index contributed by atoms with van der Waals surface area (Å²) in [5, 5.41) is 16.5. The predicted molar refractivity (Wildman–Crippen MR) is 87.4 cm³/mol. The van der Waals surface area contributed by atoms with Crippen molar-refractivity contribution in [3.05, 3.63) is 41.0 Å². The van der Waals surface area contributed by atoms with Crippen LogP contribution in [0.15, 0.2) is 30.5 Å². The van der Waals surface area contributed by atoms with Crippen LogP contribution in [0.2, 0.25) is 5.02 Å². The van der Waals surface area contributed by atoms with Crippen LogP contribution in [-0.2, 0) is 11.8 Å². The second-order valence-electron chi connectivity index (χ2n) is 5.43. The standard InChI is InChI=1S/C16H18ClN3O3/c1-9(16(22)23)10(2)18-15(21)12-8-20(3)19-14(12)11-6-4-5-7-13(11)17/h4-10H,1-3H3,(H,18,21)(H,22,23). The minimum Gasteiger partial charge on any atom is -0.481 e. The van der Waals surface area contributed by atoms with E-state index < -0.39 is 17.9 Å². The molecule has 0 aliphatic heterocycles. The summed E-state index contributed by atoms with van der Waals surface area (Å²) in [6, 6.07) is 6.60. The molecule has 1 amide bonds. The number of aliphatic carboxylic acids is 1. The molecule has 0 spiro atoms. The van der Waals surface area contributed by atoms with Gasteiger partial charge in [0.25, 0.3) is 5.91 Å². The maximum absolute atomic E-state index is 12.5. The quantitative estimate of drug-likeness (QED) is 0.879. The summed E-state index contributed by atoms with van der Waals surface area (Å²) in [5.41, 5.74) is 1.47. The molecule has 0 aliphatic carbocycles. The SMILES string of the molecule is CC(NC(=O)c1cn(C)nc1-c1ccccc1Cl)C(C)C(=O)O. The van der Waals surface area contributed by atoms with E-state index in [0.29, 0.717) is 21.8 Å². The molecule has 0 fully saturated rings. The molecule has 2 rings (SSSR count). The van der Waals surface area contributed by atoms with E-state index >= 15 is 0 Å². The van der Waals surface area contributed by atoms with Gasteiger partial charge in [0.1, 0.15) is 5.69 Å². The van der Waals surface area contributed by atoms with Gasteiger partial charge in [-0.05, 0) is 19.9 Å². The Labute approximate surface area is 139 Å². The normalized spacial score (nSPS) is 13.4. The van der Waals surface area contributed by atoms with E-state index in [1.54, 1.807) is 45.3 Å². The molecule has 2 unspecified atom stereocenters. The Morgan fingerprint density at radius 2 is 1.96 bits per heavy atom. The second kappa shape index (κ2) is 6.83. The number of hydrogen-bond acceptors (Lipinski definition) is 3. The van der Waals surface area contributed by atoms with Crippen molar-refractivity contribution in [1.82, 2.24) is 15.1 Å². The lowest BCUT2D eigenvalue weighted by molar-refractivity contribution is -0.141. The second-order valence-corrected chi connectivity index (χ2v) is 5.84. The summed E-state index contributed by atoms with van der Waals surface area (Å²) in [7, 11) is 1.71. The van der Waals surface area contributed by atoms with Crippen molar-refractivity contribution in [3.8, 4) is 11.3 Å². The average Bonchev–Trinajstić information content (AvgIpc) is 2.88. The molecule has 1 aromatic heterocycles. The van der Waals surface area contributed by atoms with Crippen molar-refractivity contribution in [2.45, 2.75) is 19.9 Å². The average molecular weight is 336 g/mol. The highest BCUT2D eigenvalue weighted by atomic mass is 35.5. The zero-order valence-electron chi connectivity index (χ0n) is 13.1. The van der Waals surface area contributed by atoms with Crippen molar-refractivity contribution in [3.63, 3.8) is 0 Å². The molecule has 7 heteroatoms. The molecule has 2 N–H and O–H groups in total. The highest BCUT2D eigenvalue weighted by molar-refractivity contribution is 6.33. The van der Waals surface area contributed by atoms with Crippen LogP contribution < -0.4 is 5.32 Å². The molecule has 0 aliphatic rings. The van der Waals surface area contributed by atoms with E-state index in [9.17, 15) is 9.59 Å². The number of carboxylic acids is 1. The summed E-state index contributed by atoms with van der Waals surface area (Å²) in [6.45, 7) is 3.20. The Hall–Kier alpha value is -2.34. The van der Waals surface area contributed by atoms with Crippen molar-refractivity contribution in [2.24, 2.45) is 13.0 Å². The highest BCUT2D eigenvalue weighted by Crippen LogP contribution is 2.29. The van der Waals surface area contributed by atoms with Gasteiger partial charge in [0.05, 0.1) is 16.5 Å². The van der Waals surface area contributed by atoms with Gasteiger partial charge in [-0.15, -0.1) is 0 Å². The van der Waals surface area contributed by atoms with Crippen LogP contribution in [0.5, 0.6) is 0 Å². The van der Waals surface area contributed by atoms with Gasteiger partial charge in [-0.1, -0.05) is 29.8 Å². The first-order valence-corrected chi connectivity index (χ1v) is 7.51. The predicted octanol–water partition coefficient (Wildman–Crippen LogP) is 2.58. The van der Waals surface area contributed by atoms with Gasteiger partial charge < -0.3 is 10.4 Å². The number of carboxylic acid groups (broad SMARTS) is 1. The van der Waals surface area contributed by atoms with Gasteiger partial charge in [0.15, 0.2) is 0 Å². The number of nitrogens with zero attached hydrogens (tertiary/aromatic N) is 2. The number of halogens is 1. The fraction of sp³-hybridized carbons (Fsp3) is 0.312. The Balaban J connectivity index is 2.32. The number of carbonyl (C=O) groups is 2. The van der Waals surface area contributed by atoms with E-state index in [1.165, 1.54) is 4.68 Å². The molecule has 2 aromatic rings. The van der Waals surface area contributed by atoms with Crippen LogP contribution in [0.1, 0.15) is 24.2 Å². The third-order valence-electron chi connectivity index (χ3n) is 3.70. The number of nitrogens with one attached hydrogen (secondary N) is 1. The number of aromatic nitrogens is 2. The Morgan fingerprint density at radius 1 is 1.30 bits per heavy atom. The van der Waals surface area contributed by atoms with Gasteiger partial charge in [0.2, 0.25) is 0 Å². The zero-order valence-corrected chi connectivity index (χ0v) is 13.8. The van der Waals surface area contributed by atoms with Crippen LogP contribution in [0.3, 0.4) is 0 Å². The molecule has 0 saturated heterocycles. The zero-order chi connectivity index (χ0) is 17.1.